The maximum Gasteiger partial charge on any atom is 0.280 e. The van der Waals surface area contributed by atoms with E-state index in [1.54, 1.807) is 0 Å². The van der Waals surface area contributed by atoms with E-state index in [1.165, 1.54) is 24.2 Å². The quantitative estimate of drug-likeness (QED) is 0.927. The van der Waals surface area contributed by atoms with Gasteiger partial charge in [-0.05, 0) is 32.6 Å². The third-order valence-corrected chi connectivity index (χ3v) is 5.26. The number of thiazole rings is 1. The lowest BCUT2D eigenvalue weighted by Gasteiger charge is -2.20. The molecular formula is C15H23N3OS. The summed E-state index contributed by atoms with van der Waals surface area (Å²) in [4.78, 5) is 19.2. The maximum absolute atomic E-state index is 12.3. The fraction of sp³-hybridized carbons (Fsp3) is 0.733. The van der Waals surface area contributed by atoms with Crippen LogP contribution in [0, 0.1) is 5.92 Å². The summed E-state index contributed by atoms with van der Waals surface area (Å²) in [5, 5.41) is 5.84. The Morgan fingerprint density at radius 2 is 2.20 bits per heavy atom. The van der Waals surface area contributed by atoms with E-state index in [0.717, 1.165) is 18.8 Å². The molecule has 2 fully saturated rings. The van der Waals surface area contributed by atoms with Gasteiger partial charge < -0.3 is 5.32 Å². The van der Waals surface area contributed by atoms with Crippen molar-refractivity contribution in [1.29, 1.82) is 0 Å². The molecule has 4 nitrogen and oxygen atoms in total. The normalized spacial score (nSPS) is 27.2. The molecule has 1 aliphatic heterocycles. The van der Waals surface area contributed by atoms with Crippen molar-refractivity contribution in [3.05, 3.63) is 16.1 Å². The van der Waals surface area contributed by atoms with Gasteiger partial charge >= 0.3 is 0 Å². The first-order valence-corrected chi connectivity index (χ1v) is 8.43. The molecule has 1 saturated carbocycles. The second kappa shape index (κ2) is 5.45. The number of rotatable bonds is 4. The van der Waals surface area contributed by atoms with Crippen LogP contribution in [0.5, 0.6) is 0 Å². The second-order valence-electron chi connectivity index (χ2n) is 6.46. The predicted octanol–water partition coefficient (Wildman–Crippen LogP) is 2.48. The van der Waals surface area contributed by atoms with Crippen LogP contribution < -0.4 is 5.32 Å². The number of hydrogen-bond acceptors (Lipinski definition) is 4. The molecule has 1 aromatic heterocycles. The number of likely N-dealkylation sites (tertiary alicyclic amines) is 1. The zero-order chi connectivity index (χ0) is 14.3. The summed E-state index contributed by atoms with van der Waals surface area (Å²) in [6, 6.07) is 0.791. The number of hydrogen-bond donors (Lipinski definition) is 1. The molecular weight excluding hydrogens is 270 g/mol. The summed E-state index contributed by atoms with van der Waals surface area (Å²) in [7, 11) is 0. The third kappa shape index (κ3) is 2.88. The highest BCUT2D eigenvalue weighted by Crippen LogP contribution is 2.40. The molecule has 5 heteroatoms. The molecule has 110 valence electrons. The van der Waals surface area contributed by atoms with Gasteiger partial charge in [-0.2, -0.15) is 0 Å². The van der Waals surface area contributed by atoms with Gasteiger partial charge in [0.1, 0.15) is 0 Å². The third-order valence-electron chi connectivity index (χ3n) is 4.40. The van der Waals surface area contributed by atoms with Gasteiger partial charge in [0, 0.05) is 36.5 Å². The summed E-state index contributed by atoms with van der Waals surface area (Å²) in [6.07, 6.45) is 2.46. The Hall–Kier alpha value is -0.940. The van der Waals surface area contributed by atoms with Crippen molar-refractivity contribution in [2.75, 3.05) is 13.1 Å². The first kappa shape index (κ1) is 14.0. The lowest BCUT2D eigenvalue weighted by molar-refractivity contribution is 0.0930. The summed E-state index contributed by atoms with van der Waals surface area (Å²) >= 11 is 1.48. The molecule has 0 radical (unpaired) electrons. The first-order chi connectivity index (χ1) is 9.54. The van der Waals surface area contributed by atoms with Crippen molar-refractivity contribution < 1.29 is 4.79 Å². The Morgan fingerprint density at radius 1 is 1.45 bits per heavy atom. The Bertz CT molecular complexity index is 495. The minimum atomic E-state index is 0.00403. The van der Waals surface area contributed by atoms with E-state index in [2.05, 4.69) is 36.0 Å². The van der Waals surface area contributed by atoms with Crippen LogP contribution in [0.15, 0.2) is 5.38 Å². The van der Waals surface area contributed by atoms with E-state index >= 15 is 0 Å². The molecule has 2 heterocycles. The van der Waals surface area contributed by atoms with Gasteiger partial charge in [-0.25, -0.2) is 4.98 Å². The number of carbonyl (C=O) groups excluding carboxylic acids is 1. The zero-order valence-corrected chi connectivity index (χ0v) is 13.2. The number of aromatic nitrogens is 1. The largest absolute Gasteiger partial charge is 0.346 e. The molecule has 1 saturated heterocycles. The average Bonchev–Trinajstić information content (AvgIpc) is 3.01. The van der Waals surface area contributed by atoms with Crippen molar-refractivity contribution in [3.8, 4) is 0 Å². The Kier molecular flexibility index (Phi) is 3.82. The van der Waals surface area contributed by atoms with Crippen LogP contribution in [0.25, 0.3) is 0 Å². The van der Waals surface area contributed by atoms with E-state index in [9.17, 15) is 4.79 Å². The van der Waals surface area contributed by atoms with Crippen molar-refractivity contribution in [2.24, 2.45) is 5.92 Å². The van der Waals surface area contributed by atoms with E-state index < -0.39 is 0 Å². The van der Waals surface area contributed by atoms with Crippen molar-refractivity contribution >= 4 is 17.2 Å². The van der Waals surface area contributed by atoms with Gasteiger partial charge in [0.05, 0.1) is 5.69 Å². The molecule has 0 bridgehead atoms. The van der Waals surface area contributed by atoms with Crippen LogP contribution in [0.1, 0.15) is 55.0 Å². The topological polar surface area (TPSA) is 45.2 Å². The fourth-order valence-corrected chi connectivity index (χ4v) is 3.60. The van der Waals surface area contributed by atoms with Crippen LogP contribution in [0.4, 0.5) is 0 Å². The van der Waals surface area contributed by atoms with Gasteiger partial charge in [0.15, 0.2) is 5.01 Å². The van der Waals surface area contributed by atoms with Crippen LogP contribution in [0.3, 0.4) is 0 Å². The van der Waals surface area contributed by atoms with E-state index in [0.29, 0.717) is 22.9 Å². The molecule has 1 aliphatic carbocycles. The van der Waals surface area contributed by atoms with Gasteiger partial charge in [0.25, 0.3) is 5.91 Å². The van der Waals surface area contributed by atoms with Crippen molar-refractivity contribution in [1.82, 2.24) is 15.2 Å². The lowest BCUT2D eigenvalue weighted by atomic mass is 10.1. The van der Waals surface area contributed by atoms with Gasteiger partial charge in [-0.3, -0.25) is 9.69 Å². The van der Waals surface area contributed by atoms with Crippen LogP contribution in [-0.2, 0) is 0 Å². The SMILES string of the molecule is CC1CN(C(C)C)CC1NC(=O)c1nc(C2CC2)cs1. The molecule has 2 unspecified atom stereocenters. The molecule has 2 atom stereocenters. The molecule has 1 amide bonds. The van der Waals surface area contributed by atoms with Gasteiger partial charge in [0.2, 0.25) is 0 Å². The highest BCUT2D eigenvalue weighted by atomic mass is 32.1. The van der Waals surface area contributed by atoms with Crippen LogP contribution in [0.2, 0.25) is 0 Å². The summed E-state index contributed by atoms with van der Waals surface area (Å²) in [5.74, 6) is 1.13. The van der Waals surface area contributed by atoms with Gasteiger partial charge in [-0.15, -0.1) is 11.3 Å². The summed E-state index contributed by atoms with van der Waals surface area (Å²) < 4.78 is 0. The monoisotopic (exact) mass is 293 g/mol. The number of amides is 1. The number of carbonyl (C=O) groups is 1. The predicted molar refractivity (Wildman–Crippen MR) is 81.2 cm³/mol. The average molecular weight is 293 g/mol. The minimum absolute atomic E-state index is 0.00403. The molecule has 3 rings (SSSR count). The number of nitrogens with zero attached hydrogens (tertiary/aromatic N) is 2. The summed E-state index contributed by atoms with van der Waals surface area (Å²) in [5.41, 5.74) is 1.11. The Morgan fingerprint density at radius 3 is 2.80 bits per heavy atom. The van der Waals surface area contributed by atoms with E-state index in [1.807, 2.05) is 5.38 Å². The maximum atomic E-state index is 12.3. The van der Waals surface area contributed by atoms with Gasteiger partial charge in [-0.1, -0.05) is 6.92 Å². The first-order valence-electron chi connectivity index (χ1n) is 7.55. The molecule has 0 aromatic carbocycles. The van der Waals surface area contributed by atoms with Crippen molar-refractivity contribution in [2.45, 2.75) is 51.6 Å². The number of nitrogens with one attached hydrogen (secondary N) is 1. The highest BCUT2D eigenvalue weighted by molar-refractivity contribution is 7.11. The second-order valence-corrected chi connectivity index (χ2v) is 7.31. The molecule has 2 aliphatic rings. The smallest absolute Gasteiger partial charge is 0.280 e. The molecule has 1 aromatic rings. The van der Waals surface area contributed by atoms with E-state index in [-0.39, 0.29) is 11.9 Å². The Labute approximate surface area is 124 Å². The molecule has 0 spiro atoms. The fourth-order valence-electron chi connectivity index (χ4n) is 2.80. The van der Waals surface area contributed by atoms with Crippen LogP contribution in [-0.4, -0.2) is 41.0 Å². The van der Waals surface area contributed by atoms with Crippen LogP contribution >= 0.6 is 11.3 Å². The minimum Gasteiger partial charge on any atom is -0.346 e. The Balaban J connectivity index is 1.60. The summed E-state index contributed by atoms with van der Waals surface area (Å²) in [6.45, 7) is 8.64. The standard InChI is InChI=1S/C15H23N3OS/c1-9(2)18-6-10(3)12(7-18)16-14(19)15-17-13(8-20-15)11-4-5-11/h8-12H,4-7H2,1-3H3,(H,16,19). The van der Waals surface area contributed by atoms with E-state index in [4.69, 9.17) is 0 Å². The van der Waals surface area contributed by atoms with Crippen molar-refractivity contribution in [3.63, 3.8) is 0 Å². The lowest BCUT2D eigenvalue weighted by Crippen LogP contribution is -2.40. The zero-order valence-electron chi connectivity index (χ0n) is 12.4. The molecule has 1 N–H and O–H groups in total. The molecule has 20 heavy (non-hydrogen) atoms. The highest BCUT2D eigenvalue weighted by Gasteiger charge is 2.33.